The van der Waals surface area contributed by atoms with Crippen LogP contribution in [0.2, 0.25) is 0 Å². The van der Waals surface area contributed by atoms with Crippen LogP contribution in [0.4, 0.5) is 4.79 Å². The molecule has 0 aromatic heterocycles. The summed E-state index contributed by atoms with van der Waals surface area (Å²) in [5, 5.41) is 26.4. The predicted octanol–water partition coefficient (Wildman–Crippen LogP) is -0.422. The van der Waals surface area contributed by atoms with Gasteiger partial charge in [-0.1, -0.05) is 0 Å². The molecule has 18 heavy (non-hydrogen) atoms. The molecule has 106 valence electrons. The monoisotopic (exact) mass is 262 g/mol. The maximum absolute atomic E-state index is 12.1. The summed E-state index contributed by atoms with van der Waals surface area (Å²) in [4.78, 5) is 25.4. The van der Waals surface area contributed by atoms with Crippen LogP contribution in [0.1, 0.15) is 20.3 Å². The molecular formula is C11H22N2O5. The van der Waals surface area contributed by atoms with E-state index in [4.69, 9.17) is 15.3 Å². The summed E-state index contributed by atoms with van der Waals surface area (Å²) in [6.45, 7) is 3.53. The summed E-state index contributed by atoms with van der Waals surface area (Å²) < 4.78 is 0. The van der Waals surface area contributed by atoms with E-state index in [1.807, 2.05) is 0 Å². The molecule has 2 amide bonds. The van der Waals surface area contributed by atoms with Gasteiger partial charge in [-0.15, -0.1) is 0 Å². The SMILES string of the molecule is CC(C)N(CCC(=O)O)C(=O)N(CCO)CCO. The fraction of sp³-hybridized carbons (Fsp3) is 0.818. The molecule has 0 saturated carbocycles. The number of amides is 2. The largest absolute Gasteiger partial charge is 0.481 e. The highest BCUT2D eigenvalue weighted by molar-refractivity contribution is 5.75. The number of aliphatic hydroxyl groups is 2. The minimum atomic E-state index is -0.968. The molecule has 0 rings (SSSR count). The highest BCUT2D eigenvalue weighted by Crippen LogP contribution is 2.06. The third-order valence-corrected chi connectivity index (χ3v) is 2.45. The molecule has 0 aliphatic heterocycles. The maximum Gasteiger partial charge on any atom is 0.320 e. The summed E-state index contributed by atoms with van der Waals surface area (Å²) >= 11 is 0. The molecule has 3 N–H and O–H groups in total. The van der Waals surface area contributed by atoms with Crippen LogP contribution in [0.15, 0.2) is 0 Å². The molecule has 0 bridgehead atoms. The number of carboxylic acid groups (broad SMARTS) is 1. The smallest absolute Gasteiger partial charge is 0.320 e. The molecule has 7 nitrogen and oxygen atoms in total. The Kier molecular flexibility index (Phi) is 8.06. The van der Waals surface area contributed by atoms with E-state index in [-0.39, 0.29) is 51.3 Å². The van der Waals surface area contributed by atoms with E-state index >= 15 is 0 Å². The van der Waals surface area contributed by atoms with E-state index in [0.29, 0.717) is 0 Å². The second-order valence-electron chi connectivity index (χ2n) is 4.15. The van der Waals surface area contributed by atoms with Crippen LogP contribution in [0.3, 0.4) is 0 Å². The molecular weight excluding hydrogens is 240 g/mol. The van der Waals surface area contributed by atoms with Crippen molar-refractivity contribution >= 4 is 12.0 Å². The summed E-state index contributed by atoms with van der Waals surface area (Å²) in [5.41, 5.74) is 0. The van der Waals surface area contributed by atoms with Crippen molar-refractivity contribution in [2.75, 3.05) is 32.8 Å². The van der Waals surface area contributed by atoms with Gasteiger partial charge in [-0.3, -0.25) is 4.79 Å². The Labute approximate surface area is 107 Å². The van der Waals surface area contributed by atoms with E-state index in [2.05, 4.69) is 0 Å². The number of rotatable bonds is 8. The lowest BCUT2D eigenvalue weighted by Gasteiger charge is -2.32. The average Bonchev–Trinajstić information content (AvgIpc) is 2.27. The topological polar surface area (TPSA) is 101 Å². The van der Waals surface area contributed by atoms with Gasteiger partial charge in [0, 0.05) is 25.7 Å². The zero-order chi connectivity index (χ0) is 14.1. The number of nitrogens with zero attached hydrogens (tertiary/aromatic N) is 2. The molecule has 0 radical (unpaired) electrons. The van der Waals surface area contributed by atoms with Gasteiger partial charge >= 0.3 is 12.0 Å². The lowest BCUT2D eigenvalue weighted by atomic mass is 10.3. The molecule has 0 fully saturated rings. The van der Waals surface area contributed by atoms with Gasteiger partial charge in [-0.2, -0.15) is 0 Å². The summed E-state index contributed by atoms with van der Waals surface area (Å²) in [5.74, 6) is -0.968. The van der Waals surface area contributed by atoms with Crippen LogP contribution >= 0.6 is 0 Å². The zero-order valence-electron chi connectivity index (χ0n) is 10.9. The summed E-state index contributed by atoms with van der Waals surface area (Å²) in [7, 11) is 0. The van der Waals surface area contributed by atoms with Gasteiger partial charge in [0.05, 0.1) is 19.6 Å². The van der Waals surface area contributed by atoms with Crippen molar-refractivity contribution in [3.05, 3.63) is 0 Å². The number of carbonyl (C=O) groups is 2. The lowest BCUT2D eigenvalue weighted by Crippen LogP contribution is -2.49. The Bertz CT molecular complexity index is 264. The first-order valence-corrected chi connectivity index (χ1v) is 5.93. The molecule has 0 aliphatic carbocycles. The highest BCUT2D eigenvalue weighted by atomic mass is 16.4. The Morgan fingerprint density at radius 3 is 1.89 bits per heavy atom. The van der Waals surface area contributed by atoms with Crippen LogP contribution < -0.4 is 0 Å². The number of aliphatic hydroxyl groups excluding tert-OH is 2. The Morgan fingerprint density at radius 2 is 1.56 bits per heavy atom. The van der Waals surface area contributed by atoms with E-state index in [1.54, 1.807) is 13.8 Å². The van der Waals surface area contributed by atoms with Crippen LogP contribution in [-0.2, 0) is 4.79 Å². The standard InChI is InChI=1S/C11H22N2O5/c1-9(2)13(4-3-10(16)17)11(18)12(5-7-14)6-8-15/h9,14-15H,3-8H2,1-2H3,(H,16,17). The number of carboxylic acids is 1. The number of carbonyl (C=O) groups excluding carboxylic acids is 1. The number of hydrogen-bond acceptors (Lipinski definition) is 4. The minimum Gasteiger partial charge on any atom is -0.481 e. The molecule has 0 unspecified atom stereocenters. The second-order valence-corrected chi connectivity index (χ2v) is 4.15. The van der Waals surface area contributed by atoms with Gasteiger partial charge in [0.2, 0.25) is 0 Å². The first-order chi connectivity index (χ1) is 8.43. The second kappa shape index (κ2) is 8.71. The van der Waals surface area contributed by atoms with Gasteiger partial charge in [0.1, 0.15) is 0 Å². The highest BCUT2D eigenvalue weighted by Gasteiger charge is 2.23. The van der Waals surface area contributed by atoms with Gasteiger partial charge < -0.3 is 25.1 Å². The minimum absolute atomic E-state index is 0.110. The van der Waals surface area contributed by atoms with E-state index in [9.17, 15) is 9.59 Å². The van der Waals surface area contributed by atoms with E-state index in [1.165, 1.54) is 9.80 Å². The summed E-state index contributed by atoms with van der Waals surface area (Å²) in [6.07, 6.45) is -0.129. The maximum atomic E-state index is 12.1. The molecule has 0 atom stereocenters. The first-order valence-electron chi connectivity index (χ1n) is 5.93. The van der Waals surface area contributed by atoms with Gasteiger partial charge in [0.25, 0.3) is 0 Å². The van der Waals surface area contributed by atoms with Gasteiger partial charge in [0.15, 0.2) is 0 Å². The van der Waals surface area contributed by atoms with Crippen LogP contribution in [0.25, 0.3) is 0 Å². The third-order valence-electron chi connectivity index (χ3n) is 2.45. The van der Waals surface area contributed by atoms with Crippen molar-refractivity contribution in [1.82, 2.24) is 9.80 Å². The van der Waals surface area contributed by atoms with Crippen molar-refractivity contribution in [2.24, 2.45) is 0 Å². The Hall–Kier alpha value is -1.34. The number of hydrogen-bond donors (Lipinski definition) is 3. The fourth-order valence-corrected chi connectivity index (χ4v) is 1.52. The van der Waals surface area contributed by atoms with Crippen LogP contribution in [-0.4, -0.2) is 76.0 Å². The molecule has 0 aliphatic rings. The zero-order valence-corrected chi connectivity index (χ0v) is 10.9. The van der Waals surface area contributed by atoms with E-state index in [0.717, 1.165) is 0 Å². The van der Waals surface area contributed by atoms with Crippen molar-refractivity contribution in [3.8, 4) is 0 Å². The Balaban J connectivity index is 4.64. The number of aliphatic carboxylic acids is 1. The predicted molar refractivity (Wildman–Crippen MR) is 65.2 cm³/mol. The third kappa shape index (κ3) is 5.83. The Morgan fingerprint density at radius 1 is 1.06 bits per heavy atom. The van der Waals surface area contributed by atoms with Crippen molar-refractivity contribution in [3.63, 3.8) is 0 Å². The lowest BCUT2D eigenvalue weighted by molar-refractivity contribution is -0.137. The molecule has 7 heteroatoms. The molecule has 0 heterocycles. The number of urea groups is 1. The van der Waals surface area contributed by atoms with Crippen molar-refractivity contribution < 1.29 is 24.9 Å². The van der Waals surface area contributed by atoms with Crippen LogP contribution in [0, 0.1) is 0 Å². The fourth-order valence-electron chi connectivity index (χ4n) is 1.52. The average molecular weight is 262 g/mol. The van der Waals surface area contributed by atoms with Gasteiger partial charge in [-0.25, -0.2) is 4.79 Å². The molecule has 0 aromatic rings. The van der Waals surface area contributed by atoms with Crippen molar-refractivity contribution in [1.29, 1.82) is 0 Å². The normalized spacial score (nSPS) is 10.5. The van der Waals surface area contributed by atoms with E-state index < -0.39 is 5.97 Å². The molecule has 0 spiro atoms. The van der Waals surface area contributed by atoms with Gasteiger partial charge in [-0.05, 0) is 13.8 Å². The quantitative estimate of drug-likeness (QED) is 0.551. The molecule has 0 aromatic carbocycles. The summed E-state index contributed by atoms with van der Waals surface area (Å²) in [6, 6.07) is -0.508. The molecule has 0 saturated heterocycles. The first kappa shape index (κ1) is 16.7. The van der Waals surface area contributed by atoms with Crippen molar-refractivity contribution in [2.45, 2.75) is 26.3 Å². The van der Waals surface area contributed by atoms with Crippen LogP contribution in [0.5, 0.6) is 0 Å².